The average molecular weight is 478 g/mol. The van der Waals surface area contributed by atoms with Crippen LogP contribution in [0.15, 0.2) is 76.5 Å². The van der Waals surface area contributed by atoms with Gasteiger partial charge in [-0.25, -0.2) is 0 Å². The molecule has 4 aromatic rings. The Balaban J connectivity index is 1.47. The second kappa shape index (κ2) is 11.1. The van der Waals surface area contributed by atoms with E-state index in [0.29, 0.717) is 28.2 Å². The number of methoxy groups -OCH3 is 1. The average Bonchev–Trinajstić information content (AvgIpc) is 3.48. The first-order chi connectivity index (χ1) is 16.6. The predicted octanol–water partition coefficient (Wildman–Crippen LogP) is 5.41. The summed E-state index contributed by atoms with van der Waals surface area (Å²) in [6.45, 7) is 3.98. The van der Waals surface area contributed by atoms with Gasteiger partial charge in [0, 0.05) is 11.4 Å². The van der Waals surface area contributed by atoms with Crippen LogP contribution in [0.1, 0.15) is 18.2 Å². The maximum atomic E-state index is 10.6. The summed E-state index contributed by atoms with van der Waals surface area (Å²) >= 11 is 1.42. The Morgan fingerprint density at radius 3 is 2.65 bits per heavy atom. The first-order valence-electron chi connectivity index (χ1n) is 10.9. The zero-order valence-corrected chi connectivity index (χ0v) is 20.2. The van der Waals surface area contributed by atoms with Gasteiger partial charge in [-0.15, -0.1) is 10.2 Å². The molecule has 0 amide bonds. The molecule has 1 unspecified atom stereocenters. The molecule has 1 atom stereocenters. The van der Waals surface area contributed by atoms with E-state index in [4.69, 9.17) is 13.9 Å². The maximum absolute atomic E-state index is 10.6. The largest absolute Gasteiger partial charge is 0.493 e. The Morgan fingerprint density at radius 1 is 1.12 bits per heavy atom. The number of ether oxygens (including phenoxy) is 2. The number of aromatic nitrogens is 3. The minimum Gasteiger partial charge on any atom is -0.493 e. The standard InChI is InChI=1S/C26H27N3O4S/c1-4-8-19-11-12-23(24(15-19)31-3)33-16-21(30)17-34-26-28-27-25(22-13-14-32-18(22)2)29(26)20-9-6-5-7-10-20/h4-15,21,30H,16-17H2,1-3H3/b8-4+. The topological polar surface area (TPSA) is 82.5 Å². The van der Waals surface area contributed by atoms with Gasteiger partial charge in [-0.1, -0.05) is 48.2 Å². The lowest BCUT2D eigenvalue weighted by Crippen LogP contribution is -2.20. The molecule has 0 aliphatic carbocycles. The van der Waals surface area contributed by atoms with Gasteiger partial charge in [-0.05, 0) is 49.7 Å². The summed E-state index contributed by atoms with van der Waals surface area (Å²) < 4.78 is 18.7. The Hall–Kier alpha value is -3.49. The van der Waals surface area contributed by atoms with E-state index >= 15 is 0 Å². The van der Waals surface area contributed by atoms with E-state index in [2.05, 4.69) is 10.2 Å². The van der Waals surface area contributed by atoms with Crippen molar-refractivity contribution in [1.29, 1.82) is 0 Å². The molecule has 0 fully saturated rings. The summed E-state index contributed by atoms with van der Waals surface area (Å²) in [6.07, 6.45) is 4.87. The zero-order valence-electron chi connectivity index (χ0n) is 19.3. The second-order valence-electron chi connectivity index (χ2n) is 7.55. The van der Waals surface area contributed by atoms with E-state index in [-0.39, 0.29) is 6.61 Å². The van der Waals surface area contributed by atoms with Gasteiger partial charge in [0.2, 0.25) is 0 Å². The van der Waals surface area contributed by atoms with Gasteiger partial charge in [0.05, 0.1) is 25.0 Å². The van der Waals surface area contributed by atoms with Crippen LogP contribution in [0.25, 0.3) is 23.2 Å². The van der Waals surface area contributed by atoms with Crippen LogP contribution in [-0.2, 0) is 0 Å². The van der Waals surface area contributed by atoms with E-state index in [9.17, 15) is 5.11 Å². The lowest BCUT2D eigenvalue weighted by atomic mass is 10.2. The van der Waals surface area contributed by atoms with Crippen molar-refractivity contribution in [3.63, 3.8) is 0 Å². The van der Waals surface area contributed by atoms with Crippen molar-refractivity contribution in [2.45, 2.75) is 25.1 Å². The predicted molar refractivity (Wildman–Crippen MR) is 134 cm³/mol. The lowest BCUT2D eigenvalue weighted by Gasteiger charge is -2.15. The van der Waals surface area contributed by atoms with E-state index in [1.54, 1.807) is 13.4 Å². The van der Waals surface area contributed by atoms with Crippen molar-refractivity contribution in [3.05, 3.63) is 78.3 Å². The minimum absolute atomic E-state index is 0.124. The van der Waals surface area contributed by atoms with Crippen molar-refractivity contribution in [2.24, 2.45) is 0 Å². The number of furan rings is 1. The van der Waals surface area contributed by atoms with E-state index in [1.807, 2.05) is 85.2 Å². The highest BCUT2D eigenvalue weighted by atomic mass is 32.2. The number of aliphatic hydroxyl groups excluding tert-OH is 1. The highest BCUT2D eigenvalue weighted by Gasteiger charge is 2.20. The quantitative estimate of drug-likeness (QED) is 0.306. The second-order valence-corrected chi connectivity index (χ2v) is 8.54. The maximum Gasteiger partial charge on any atom is 0.196 e. The van der Waals surface area contributed by atoms with Gasteiger partial charge in [-0.3, -0.25) is 4.57 Å². The van der Waals surface area contributed by atoms with Crippen molar-refractivity contribution >= 4 is 17.8 Å². The molecule has 2 heterocycles. The van der Waals surface area contributed by atoms with Crippen LogP contribution in [0, 0.1) is 6.92 Å². The van der Waals surface area contributed by atoms with Crippen LogP contribution >= 0.6 is 11.8 Å². The molecular weight excluding hydrogens is 450 g/mol. The number of allylic oxidation sites excluding steroid dienone is 1. The molecule has 2 aromatic heterocycles. The summed E-state index contributed by atoms with van der Waals surface area (Å²) in [6, 6.07) is 17.5. The van der Waals surface area contributed by atoms with Gasteiger partial charge >= 0.3 is 0 Å². The Kier molecular flexibility index (Phi) is 7.72. The van der Waals surface area contributed by atoms with Gasteiger partial charge in [-0.2, -0.15) is 0 Å². The Morgan fingerprint density at radius 2 is 1.94 bits per heavy atom. The molecule has 0 spiro atoms. The van der Waals surface area contributed by atoms with Crippen molar-refractivity contribution in [3.8, 4) is 28.6 Å². The molecule has 2 aromatic carbocycles. The summed E-state index contributed by atoms with van der Waals surface area (Å²) in [4.78, 5) is 0. The molecular formula is C26H27N3O4S. The molecule has 7 nitrogen and oxygen atoms in total. The highest BCUT2D eigenvalue weighted by molar-refractivity contribution is 7.99. The van der Waals surface area contributed by atoms with Crippen molar-refractivity contribution in [1.82, 2.24) is 14.8 Å². The number of benzene rings is 2. The van der Waals surface area contributed by atoms with Gasteiger partial charge in [0.1, 0.15) is 12.4 Å². The molecule has 0 saturated heterocycles. The first kappa shape index (κ1) is 23.7. The number of aliphatic hydroxyl groups is 1. The fourth-order valence-corrected chi connectivity index (χ4v) is 4.33. The Bertz CT molecular complexity index is 1250. The van der Waals surface area contributed by atoms with Crippen LogP contribution in [0.4, 0.5) is 0 Å². The number of hydrogen-bond acceptors (Lipinski definition) is 7. The van der Waals surface area contributed by atoms with Gasteiger partial charge < -0.3 is 19.0 Å². The molecule has 4 rings (SSSR count). The highest BCUT2D eigenvalue weighted by Crippen LogP contribution is 2.31. The number of rotatable bonds is 10. The Labute approximate surface area is 203 Å². The van der Waals surface area contributed by atoms with E-state index in [1.165, 1.54) is 11.8 Å². The van der Waals surface area contributed by atoms with Crippen LogP contribution in [0.3, 0.4) is 0 Å². The number of thioether (sulfide) groups is 1. The summed E-state index contributed by atoms with van der Waals surface area (Å²) in [5.41, 5.74) is 2.83. The fourth-order valence-electron chi connectivity index (χ4n) is 3.47. The minimum atomic E-state index is -0.718. The van der Waals surface area contributed by atoms with Crippen LogP contribution in [0.2, 0.25) is 0 Å². The SMILES string of the molecule is C/C=C/c1ccc(OCC(O)CSc2nnc(-c3ccoc3C)n2-c2ccccc2)c(OC)c1. The zero-order chi connectivity index (χ0) is 23.9. The number of hydrogen-bond donors (Lipinski definition) is 1. The lowest BCUT2D eigenvalue weighted by molar-refractivity contribution is 0.124. The first-order valence-corrected chi connectivity index (χ1v) is 11.9. The van der Waals surface area contributed by atoms with Crippen molar-refractivity contribution in [2.75, 3.05) is 19.5 Å². The van der Waals surface area contributed by atoms with Crippen LogP contribution in [0.5, 0.6) is 11.5 Å². The van der Waals surface area contributed by atoms with Crippen LogP contribution in [-0.4, -0.2) is 45.4 Å². The van der Waals surface area contributed by atoms with Crippen molar-refractivity contribution < 1.29 is 19.0 Å². The number of nitrogens with zero attached hydrogens (tertiary/aromatic N) is 3. The smallest absolute Gasteiger partial charge is 0.196 e. The monoisotopic (exact) mass is 477 g/mol. The summed E-state index contributed by atoms with van der Waals surface area (Å²) in [5.74, 6) is 3.05. The normalized spacial score (nSPS) is 12.2. The summed E-state index contributed by atoms with van der Waals surface area (Å²) in [7, 11) is 1.60. The third-order valence-electron chi connectivity index (χ3n) is 5.13. The van der Waals surface area contributed by atoms with Gasteiger partial charge in [0.15, 0.2) is 22.5 Å². The third kappa shape index (κ3) is 5.35. The molecule has 176 valence electrons. The van der Waals surface area contributed by atoms with E-state index < -0.39 is 6.10 Å². The molecule has 0 saturated carbocycles. The van der Waals surface area contributed by atoms with E-state index in [0.717, 1.165) is 22.6 Å². The fraction of sp³-hybridized carbons (Fsp3) is 0.231. The van der Waals surface area contributed by atoms with Gasteiger partial charge in [0.25, 0.3) is 0 Å². The number of para-hydroxylation sites is 1. The molecule has 1 N–H and O–H groups in total. The molecule has 8 heteroatoms. The van der Waals surface area contributed by atoms with Crippen LogP contribution < -0.4 is 9.47 Å². The molecule has 0 radical (unpaired) electrons. The molecule has 0 bridgehead atoms. The molecule has 0 aliphatic rings. The third-order valence-corrected chi connectivity index (χ3v) is 6.20. The summed E-state index contributed by atoms with van der Waals surface area (Å²) in [5, 5.41) is 20.1. The molecule has 34 heavy (non-hydrogen) atoms. The number of aryl methyl sites for hydroxylation is 1. The molecule has 0 aliphatic heterocycles.